The van der Waals surface area contributed by atoms with Crippen molar-refractivity contribution in [1.29, 1.82) is 0 Å². The fourth-order valence-corrected chi connectivity index (χ4v) is 5.46. The van der Waals surface area contributed by atoms with Crippen LogP contribution in [0.4, 0.5) is 11.4 Å². The number of nitrogens with one attached hydrogen (secondary N) is 3. The molecule has 1 aliphatic heterocycles. The number of carboxylic acid groups (broad SMARTS) is 1. The number of ether oxygens (including phenoxy) is 1. The molecule has 1 atom stereocenters. The van der Waals surface area contributed by atoms with Crippen molar-refractivity contribution in [3.8, 4) is 0 Å². The zero-order valence-corrected chi connectivity index (χ0v) is 25.7. The molecule has 4 aromatic rings. The van der Waals surface area contributed by atoms with Crippen LogP contribution in [0.5, 0.6) is 0 Å². The number of carbonyl (C=O) groups is 4. The maximum absolute atomic E-state index is 13.7. The third kappa shape index (κ3) is 7.88. The van der Waals surface area contributed by atoms with Crippen LogP contribution in [0, 0.1) is 0 Å². The molecule has 12 heteroatoms. The maximum atomic E-state index is 13.7. The molecular weight excluding hydrogens is 598 g/mol. The summed E-state index contributed by atoms with van der Waals surface area (Å²) in [6.45, 7) is 5.12. The van der Waals surface area contributed by atoms with Gasteiger partial charge in [0.1, 0.15) is 11.7 Å². The number of aromatic nitrogens is 1. The molecule has 11 nitrogen and oxygen atoms in total. The molecule has 3 aromatic carbocycles. The van der Waals surface area contributed by atoms with Crippen molar-refractivity contribution in [2.75, 3.05) is 43.6 Å². The predicted octanol–water partition coefficient (Wildman–Crippen LogP) is 4.31. The number of hydrogen-bond acceptors (Lipinski definition) is 6. The lowest BCUT2D eigenvalue weighted by Gasteiger charge is -2.26. The molecule has 1 aromatic heterocycles. The van der Waals surface area contributed by atoms with Gasteiger partial charge in [0.15, 0.2) is 0 Å². The number of amides is 3. The van der Waals surface area contributed by atoms with Crippen LogP contribution in [0.1, 0.15) is 38.9 Å². The zero-order chi connectivity index (χ0) is 32.1. The Morgan fingerprint density at radius 1 is 1.02 bits per heavy atom. The van der Waals surface area contributed by atoms with Gasteiger partial charge in [-0.2, -0.15) is 0 Å². The van der Waals surface area contributed by atoms with Crippen LogP contribution in [-0.4, -0.2) is 78.1 Å². The highest BCUT2D eigenvalue weighted by molar-refractivity contribution is 6.34. The highest BCUT2D eigenvalue weighted by atomic mass is 35.5. The van der Waals surface area contributed by atoms with Crippen LogP contribution in [0.25, 0.3) is 10.9 Å². The molecule has 1 aliphatic rings. The first kappa shape index (κ1) is 31.7. The van der Waals surface area contributed by atoms with Crippen LogP contribution in [0.15, 0.2) is 66.7 Å². The minimum absolute atomic E-state index is 0.0295. The normalized spacial score (nSPS) is 14.1. The van der Waals surface area contributed by atoms with Crippen molar-refractivity contribution in [2.24, 2.45) is 0 Å². The summed E-state index contributed by atoms with van der Waals surface area (Å²) in [4.78, 5) is 57.1. The molecule has 4 N–H and O–H groups in total. The summed E-state index contributed by atoms with van der Waals surface area (Å²) in [6.07, 6.45) is 0.124. The Balaban J connectivity index is 1.37. The second kappa shape index (κ2) is 13.9. The molecule has 0 aliphatic carbocycles. The van der Waals surface area contributed by atoms with E-state index in [0.29, 0.717) is 42.0 Å². The molecule has 0 spiro atoms. The molecule has 1 unspecified atom stereocenters. The van der Waals surface area contributed by atoms with Crippen LogP contribution in [0.3, 0.4) is 0 Å². The van der Waals surface area contributed by atoms with Gasteiger partial charge in [0.05, 0.1) is 23.8 Å². The fraction of sp³-hybridized carbons (Fsp3) is 0.273. The van der Waals surface area contributed by atoms with E-state index in [-0.39, 0.29) is 28.6 Å². The van der Waals surface area contributed by atoms with Crippen molar-refractivity contribution in [1.82, 2.24) is 15.2 Å². The molecule has 1 saturated heterocycles. The summed E-state index contributed by atoms with van der Waals surface area (Å²) in [6, 6.07) is 17.9. The zero-order valence-electron chi connectivity index (χ0n) is 24.9. The average Bonchev–Trinajstić information content (AvgIpc) is 3.45. The first-order valence-electron chi connectivity index (χ1n) is 14.5. The topological polar surface area (TPSA) is 144 Å². The lowest BCUT2D eigenvalue weighted by molar-refractivity contribution is -0.118. The summed E-state index contributed by atoms with van der Waals surface area (Å²) >= 11 is 6.57. The number of rotatable bonds is 10. The number of aromatic amines is 1. The van der Waals surface area contributed by atoms with E-state index >= 15 is 0 Å². The SMILES string of the molecule is CC(=O)N(C)c1cccc(CC(NC(=O)c2ccc(CN3CCOCC3)cc2Cl)C(=O)Nc2ccc3[nH]c(C(=O)O)cc3c2)c1. The largest absolute Gasteiger partial charge is 0.477 e. The molecule has 0 bridgehead atoms. The van der Waals surface area contributed by atoms with Crippen molar-refractivity contribution in [3.63, 3.8) is 0 Å². The van der Waals surface area contributed by atoms with Gasteiger partial charge in [-0.25, -0.2) is 4.79 Å². The van der Waals surface area contributed by atoms with Crippen LogP contribution in [-0.2, 0) is 27.3 Å². The van der Waals surface area contributed by atoms with Gasteiger partial charge in [-0.3, -0.25) is 19.3 Å². The second-order valence-corrected chi connectivity index (χ2v) is 11.4. The van der Waals surface area contributed by atoms with Crippen molar-refractivity contribution < 1.29 is 29.0 Å². The monoisotopic (exact) mass is 631 g/mol. The Hall–Kier alpha value is -4.71. The van der Waals surface area contributed by atoms with Gasteiger partial charge in [0.2, 0.25) is 11.8 Å². The summed E-state index contributed by atoms with van der Waals surface area (Å²) in [7, 11) is 1.66. The Bertz CT molecular complexity index is 1750. The third-order valence-electron chi connectivity index (χ3n) is 7.74. The minimum Gasteiger partial charge on any atom is -0.477 e. The number of benzene rings is 3. The molecule has 5 rings (SSSR count). The highest BCUT2D eigenvalue weighted by Crippen LogP contribution is 2.23. The molecule has 0 saturated carbocycles. The lowest BCUT2D eigenvalue weighted by atomic mass is 10.0. The van der Waals surface area contributed by atoms with Crippen LogP contribution >= 0.6 is 11.6 Å². The number of carboxylic acids is 1. The number of hydrogen-bond donors (Lipinski definition) is 4. The van der Waals surface area contributed by atoms with E-state index in [2.05, 4.69) is 20.5 Å². The van der Waals surface area contributed by atoms with Crippen molar-refractivity contribution in [3.05, 3.63) is 94.1 Å². The maximum Gasteiger partial charge on any atom is 0.352 e. The quantitative estimate of drug-likeness (QED) is 0.204. The summed E-state index contributed by atoms with van der Waals surface area (Å²) in [5.74, 6) is -2.23. The molecule has 2 heterocycles. The van der Waals surface area contributed by atoms with E-state index in [1.54, 1.807) is 55.6 Å². The standard InChI is InChI=1S/C33H34ClN5O6/c1-20(40)38(2)25-5-3-4-21(14-25)16-29(32(42)35-24-7-9-28-23(17-24)18-30(36-28)33(43)44)37-31(41)26-8-6-22(15-27(26)34)19-39-10-12-45-13-11-39/h3-9,14-15,17-18,29,36H,10-13,16,19H2,1-2H3,(H,35,42)(H,37,41)(H,43,44). The minimum atomic E-state index is -1.09. The summed E-state index contributed by atoms with van der Waals surface area (Å²) in [5, 5.41) is 15.9. The van der Waals surface area contributed by atoms with Crippen molar-refractivity contribution >= 4 is 57.6 Å². The van der Waals surface area contributed by atoms with Crippen LogP contribution in [0.2, 0.25) is 5.02 Å². The Morgan fingerprint density at radius 2 is 1.80 bits per heavy atom. The Morgan fingerprint density at radius 3 is 2.51 bits per heavy atom. The third-order valence-corrected chi connectivity index (χ3v) is 8.05. The van der Waals surface area contributed by atoms with Crippen molar-refractivity contribution in [2.45, 2.75) is 25.9 Å². The second-order valence-electron chi connectivity index (χ2n) is 11.0. The number of halogens is 1. The number of aromatic carboxylic acids is 1. The predicted molar refractivity (Wildman–Crippen MR) is 172 cm³/mol. The smallest absolute Gasteiger partial charge is 0.352 e. The molecule has 0 radical (unpaired) electrons. The first-order chi connectivity index (χ1) is 21.6. The molecule has 1 fully saturated rings. The summed E-state index contributed by atoms with van der Waals surface area (Å²) < 4.78 is 5.41. The van der Waals surface area contributed by atoms with Gasteiger partial charge in [-0.1, -0.05) is 29.8 Å². The van der Waals surface area contributed by atoms with Gasteiger partial charge < -0.3 is 30.4 Å². The van der Waals surface area contributed by atoms with Gasteiger partial charge in [0, 0.05) is 62.3 Å². The van der Waals surface area contributed by atoms with E-state index in [9.17, 15) is 24.3 Å². The van der Waals surface area contributed by atoms with Gasteiger partial charge in [-0.05, 0) is 59.7 Å². The molecular formula is C33H34ClN5O6. The number of fused-ring (bicyclic) bond motifs is 1. The lowest BCUT2D eigenvalue weighted by Crippen LogP contribution is -2.45. The van der Waals surface area contributed by atoms with Gasteiger partial charge >= 0.3 is 5.97 Å². The molecule has 45 heavy (non-hydrogen) atoms. The van der Waals surface area contributed by atoms with E-state index in [4.69, 9.17) is 16.3 Å². The average molecular weight is 632 g/mol. The highest BCUT2D eigenvalue weighted by Gasteiger charge is 2.24. The molecule has 234 valence electrons. The van der Waals surface area contributed by atoms with Crippen LogP contribution < -0.4 is 15.5 Å². The number of anilines is 2. The van der Waals surface area contributed by atoms with Gasteiger partial charge in [-0.15, -0.1) is 0 Å². The van der Waals surface area contributed by atoms with Gasteiger partial charge in [0.25, 0.3) is 5.91 Å². The number of morpholine rings is 1. The van der Waals surface area contributed by atoms with E-state index in [1.807, 2.05) is 12.1 Å². The molecule has 3 amide bonds. The number of H-pyrrole nitrogens is 1. The fourth-order valence-electron chi connectivity index (χ4n) is 5.17. The number of nitrogens with zero attached hydrogens (tertiary/aromatic N) is 2. The summed E-state index contributed by atoms with van der Waals surface area (Å²) in [5.41, 5.74) is 3.63. The number of carbonyl (C=O) groups excluding carboxylic acids is 3. The Labute approximate surface area is 265 Å². The Kier molecular flexibility index (Phi) is 9.82. The van der Waals surface area contributed by atoms with E-state index < -0.39 is 23.8 Å². The first-order valence-corrected chi connectivity index (χ1v) is 14.8. The van der Waals surface area contributed by atoms with E-state index in [1.165, 1.54) is 17.9 Å². The van der Waals surface area contributed by atoms with E-state index in [0.717, 1.165) is 24.2 Å².